The minimum absolute atomic E-state index is 0.179. The van der Waals surface area contributed by atoms with E-state index in [2.05, 4.69) is 6.92 Å². The first kappa shape index (κ1) is 16.7. The molecule has 0 aliphatic rings. The molecule has 0 unspecified atom stereocenters. The number of carbonyl (C=O) groups is 1. The van der Waals surface area contributed by atoms with Crippen LogP contribution in [0.1, 0.15) is 47.7 Å². The molecule has 4 heteroatoms. The second-order valence-electron chi connectivity index (χ2n) is 5.30. The molecule has 0 aliphatic carbocycles. The van der Waals surface area contributed by atoms with E-state index in [4.69, 9.17) is 10.00 Å². The van der Waals surface area contributed by atoms with Gasteiger partial charge in [-0.25, -0.2) is 9.18 Å². The fourth-order valence-corrected chi connectivity index (χ4v) is 2.20. The Morgan fingerprint density at radius 2 is 1.91 bits per heavy atom. The second kappa shape index (κ2) is 8.09. The van der Waals surface area contributed by atoms with Crippen LogP contribution in [0, 0.1) is 17.1 Å². The Morgan fingerprint density at radius 1 is 1.17 bits per heavy atom. The summed E-state index contributed by atoms with van der Waals surface area (Å²) in [5.41, 5.74) is 1.71. The zero-order valence-corrected chi connectivity index (χ0v) is 13.0. The maximum Gasteiger partial charge on any atom is 0.343 e. The molecule has 0 aliphatic heterocycles. The first-order chi connectivity index (χ1) is 11.1. The molecule has 3 nitrogen and oxygen atoms in total. The van der Waals surface area contributed by atoms with Crippen molar-refractivity contribution in [3.63, 3.8) is 0 Å². The number of carbonyl (C=O) groups excluding carboxylic acids is 1. The van der Waals surface area contributed by atoms with Crippen LogP contribution in [0.15, 0.2) is 42.5 Å². The van der Waals surface area contributed by atoms with Crippen molar-refractivity contribution >= 4 is 5.97 Å². The van der Waals surface area contributed by atoms with Gasteiger partial charge in [-0.2, -0.15) is 5.26 Å². The predicted molar refractivity (Wildman–Crippen MR) is 85.7 cm³/mol. The van der Waals surface area contributed by atoms with E-state index in [9.17, 15) is 9.18 Å². The summed E-state index contributed by atoms with van der Waals surface area (Å²) in [6.45, 7) is 2.15. The van der Waals surface area contributed by atoms with E-state index in [0.717, 1.165) is 18.9 Å². The zero-order valence-electron chi connectivity index (χ0n) is 13.0. The Bertz CT molecular complexity index is 717. The number of esters is 1. The quantitative estimate of drug-likeness (QED) is 0.443. The standard InChI is InChI=1S/C19H18FNO2/c1-2-3-4-5-14-6-9-16(10-7-14)19(22)23-18-11-8-15(13-21)12-17(18)20/h6-12H,2-5H2,1H3. The van der Waals surface area contributed by atoms with Crippen LogP contribution in [0.25, 0.3) is 0 Å². The summed E-state index contributed by atoms with van der Waals surface area (Å²) in [4.78, 5) is 12.0. The van der Waals surface area contributed by atoms with E-state index in [1.165, 1.54) is 30.5 Å². The summed E-state index contributed by atoms with van der Waals surface area (Å²) in [6.07, 6.45) is 4.45. The molecule has 2 rings (SSSR count). The Hall–Kier alpha value is -2.67. The third-order valence-electron chi connectivity index (χ3n) is 3.52. The molecule has 23 heavy (non-hydrogen) atoms. The summed E-state index contributed by atoms with van der Waals surface area (Å²) in [5.74, 6) is -1.52. The molecule has 0 N–H and O–H groups in total. The van der Waals surface area contributed by atoms with Crippen molar-refractivity contribution < 1.29 is 13.9 Å². The number of hydrogen-bond acceptors (Lipinski definition) is 3. The lowest BCUT2D eigenvalue weighted by Crippen LogP contribution is -2.09. The van der Waals surface area contributed by atoms with E-state index < -0.39 is 11.8 Å². The molecule has 0 atom stereocenters. The number of hydrogen-bond donors (Lipinski definition) is 0. The van der Waals surface area contributed by atoms with E-state index in [1.807, 2.05) is 18.2 Å². The molecule has 0 radical (unpaired) electrons. The van der Waals surface area contributed by atoms with Gasteiger partial charge in [0.1, 0.15) is 0 Å². The highest BCUT2D eigenvalue weighted by atomic mass is 19.1. The van der Waals surface area contributed by atoms with Crippen LogP contribution in [0.5, 0.6) is 5.75 Å². The van der Waals surface area contributed by atoms with Crippen molar-refractivity contribution in [1.82, 2.24) is 0 Å². The molecule has 2 aromatic rings. The van der Waals surface area contributed by atoms with Crippen LogP contribution in [-0.4, -0.2) is 5.97 Å². The van der Waals surface area contributed by atoms with Gasteiger partial charge in [-0.15, -0.1) is 0 Å². The number of ether oxygens (including phenoxy) is 1. The van der Waals surface area contributed by atoms with Crippen molar-refractivity contribution in [3.05, 3.63) is 65.0 Å². The Morgan fingerprint density at radius 3 is 2.52 bits per heavy atom. The molecule has 0 aromatic heterocycles. The van der Waals surface area contributed by atoms with Gasteiger partial charge in [-0.3, -0.25) is 0 Å². The topological polar surface area (TPSA) is 50.1 Å². The van der Waals surface area contributed by atoms with Gasteiger partial charge in [-0.05, 0) is 48.7 Å². The fraction of sp³-hybridized carbons (Fsp3) is 0.263. The first-order valence-corrected chi connectivity index (χ1v) is 7.65. The molecule has 0 amide bonds. The van der Waals surface area contributed by atoms with E-state index in [1.54, 1.807) is 12.1 Å². The average Bonchev–Trinajstić information content (AvgIpc) is 2.57. The van der Waals surface area contributed by atoms with Crippen molar-refractivity contribution in [3.8, 4) is 11.8 Å². The Balaban J connectivity index is 2.02. The van der Waals surface area contributed by atoms with Crippen molar-refractivity contribution in [1.29, 1.82) is 5.26 Å². The van der Waals surface area contributed by atoms with Crippen molar-refractivity contribution in [2.45, 2.75) is 32.6 Å². The Labute approximate surface area is 135 Å². The van der Waals surface area contributed by atoms with Crippen LogP contribution in [0.4, 0.5) is 4.39 Å². The lowest BCUT2D eigenvalue weighted by molar-refractivity contribution is 0.0728. The molecule has 0 bridgehead atoms. The van der Waals surface area contributed by atoms with Crippen molar-refractivity contribution in [2.24, 2.45) is 0 Å². The number of halogens is 1. The first-order valence-electron chi connectivity index (χ1n) is 7.65. The third-order valence-corrected chi connectivity index (χ3v) is 3.52. The van der Waals surface area contributed by atoms with Crippen LogP contribution >= 0.6 is 0 Å². The highest BCUT2D eigenvalue weighted by Gasteiger charge is 2.12. The third kappa shape index (κ3) is 4.65. The summed E-state index contributed by atoms with van der Waals surface area (Å²) in [5, 5.41) is 8.69. The highest BCUT2D eigenvalue weighted by molar-refractivity contribution is 5.91. The number of aryl methyl sites for hydroxylation is 1. The van der Waals surface area contributed by atoms with E-state index >= 15 is 0 Å². The normalized spacial score (nSPS) is 10.1. The molecule has 118 valence electrons. The van der Waals surface area contributed by atoms with Crippen LogP contribution < -0.4 is 4.74 Å². The zero-order chi connectivity index (χ0) is 16.7. The molecule has 0 heterocycles. The maximum absolute atomic E-state index is 13.7. The summed E-state index contributed by atoms with van der Waals surface area (Å²) in [6, 6.07) is 12.7. The minimum atomic E-state index is -0.728. The lowest BCUT2D eigenvalue weighted by Gasteiger charge is -2.06. The molecular weight excluding hydrogens is 293 g/mol. The summed E-state index contributed by atoms with van der Waals surface area (Å²) < 4.78 is 18.8. The summed E-state index contributed by atoms with van der Waals surface area (Å²) >= 11 is 0. The van der Waals surface area contributed by atoms with Gasteiger partial charge >= 0.3 is 5.97 Å². The highest BCUT2D eigenvalue weighted by Crippen LogP contribution is 2.19. The number of rotatable bonds is 6. The molecular formula is C19H18FNO2. The molecule has 2 aromatic carbocycles. The molecule has 0 fully saturated rings. The predicted octanol–water partition coefficient (Wildman–Crippen LogP) is 4.65. The largest absolute Gasteiger partial charge is 0.420 e. The number of benzene rings is 2. The smallest absolute Gasteiger partial charge is 0.343 e. The van der Waals surface area contributed by atoms with Gasteiger partial charge in [-0.1, -0.05) is 31.9 Å². The lowest BCUT2D eigenvalue weighted by atomic mass is 10.1. The Kier molecular flexibility index (Phi) is 5.87. The van der Waals surface area contributed by atoms with Gasteiger partial charge in [0.05, 0.1) is 17.2 Å². The van der Waals surface area contributed by atoms with Crippen LogP contribution in [0.3, 0.4) is 0 Å². The van der Waals surface area contributed by atoms with Gasteiger partial charge in [0.15, 0.2) is 11.6 Å². The molecule has 0 saturated carbocycles. The molecule has 0 spiro atoms. The maximum atomic E-state index is 13.7. The molecule has 0 saturated heterocycles. The number of nitriles is 1. The van der Waals surface area contributed by atoms with Gasteiger partial charge < -0.3 is 4.74 Å². The fourth-order valence-electron chi connectivity index (χ4n) is 2.20. The number of nitrogens with zero attached hydrogens (tertiary/aromatic N) is 1. The minimum Gasteiger partial charge on any atom is -0.420 e. The van der Waals surface area contributed by atoms with Crippen LogP contribution in [0.2, 0.25) is 0 Å². The average molecular weight is 311 g/mol. The van der Waals surface area contributed by atoms with Gasteiger partial charge in [0.2, 0.25) is 0 Å². The van der Waals surface area contributed by atoms with Gasteiger partial charge in [0.25, 0.3) is 0 Å². The van der Waals surface area contributed by atoms with Crippen molar-refractivity contribution in [2.75, 3.05) is 0 Å². The van der Waals surface area contributed by atoms with E-state index in [-0.39, 0.29) is 11.3 Å². The van der Waals surface area contributed by atoms with Gasteiger partial charge in [0, 0.05) is 0 Å². The monoisotopic (exact) mass is 311 g/mol. The van der Waals surface area contributed by atoms with Crippen LogP contribution in [-0.2, 0) is 6.42 Å². The summed E-state index contributed by atoms with van der Waals surface area (Å²) in [7, 11) is 0. The second-order valence-corrected chi connectivity index (χ2v) is 5.30. The number of unbranched alkanes of at least 4 members (excludes halogenated alkanes) is 2. The van der Waals surface area contributed by atoms with E-state index in [0.29, 0.717) is 5.56 Å². The SMILES string of the molecule is CCCCCc1ccc(C(=O)Oc2ccc(C#N)cc2F)cc1.